The number of hydrogen-bond acceptors (Lipinski definition) is 3. The highest BCUT2D eigenvalue weighted by atomic mass is 16.6. The topological polar surface area (TPSA) is 85.7 Å². The van der Waals surface area contributed by atoms with E-state index in [4.69, 9.17) is 16.3 Å². The molecule has 0 aliphatic heterocycles. The second kappa shape index (κ2) is 6.31. The first-order chi connectivity index (χ1) is 4.77. The molecule has 0 amide bonds. The number of hydrogen-bond donors (Lipinski definition) is 3. The predicted molar refractivity (Wildman–Crippen MR) is 40.3 cm³/mol. The maximum atomic E-state index is 5.07. The minimum atomic E-state index is 0.110. The van der Waals surface area contributed by atoms with E-state index in [-0.39, 0.29) is 5.96 Å². The van der Waals surface area contributed by atoms with Crippen LogP contribution in [0.2, 0.25) is 0 Å². The lowest BCUT2D eigenvalue weighted by atomic mass is 10.7. The van der Waals surface area contributed by atoms with Crippen molar-refractivity contribution in [3.8, 4) is 0 Å². The van der Waals surface area contributed by atoms with Crippen LogP contribution in [0.15, 0.2) is 4.99 Å². The van der Waals surface area contributed by atoms with Gasteiger partial charge < -0.3 is 16.3 Å². The Morgan fingerprint density at radius 3 is 2.80 bits per heavy atom. The quantitative estimate of drug-likeness (QED) is 0.197. The second-order valence-corrected chi connectivity index (χ2v) is 1.63. The fraction of sp³-hybridized carbons (Fsp3) is 0.800. The summed E-state index contributed by atoms with van der Waals surface area (Å²) in [5.41, 5.74) is 12.8. The van der Waals surface area contributed by atoms with Crippen LogP contribution in [0.3, 0.4) is 0 Å². The SMILES string of the molecule is CCONCCN=C(N)N. The minimum Gasteiger partial charge on any atom is -0.370 e. The highest BCUT2D eigenvalue weighted by molar-refractivity contribution is 5.75. The van der Waals surface area contributed by atoms with Crippen LogP contribution >= 0.6 is 0 Å². The van der Waals surface area contributed by atoms with Crippen LogP contribution in [0.5, 0.6) is 0 Å². The van der Waals surface area contributed by atoms with Gasteiger partial charge in [-0.05, 0) is 6.92 Å². The van der Waals surface area contributed by atoms with Gasteiger partial charge in [0.1, 0.15) is 0 Å². The van der Waals surface area contributed by atoms with Crippen molar-refractivity contribution in [2.24, 2.45) is 16.5 Å². The molecule has 5 nitrogen and oxygen atoms in total. The maximum absolute atomic E-state index is 5.07. The Labute approximate surface area is 60.4 Å². The van der Waals surface area contributed by atoms with Crippen LogP contribution in [0, 0.1) is 0 Å². The van der Waals surface area contributed by atoms with Gasteiger partial charge in [0.05, 0.1) is 13.2 Å². The summed E-state index contributed by atoms with van der Waals surface area (Å²) in [5.74, 6) is 0.110. The van der Waals surface area contributed by atoms with Gasteiger partial charge in [0, 0.05) is 6.54 Å². The van der Waals surface area contributed by atoms with Gasteiger partial charge in [-0.15, -0.1) is 0 Å². The van der Waals surface area contributed by atoms with Gasteiger partial charge in [-0.2, -0.15) is 0 Å². The molecule has 0 aromatic rings. The second-order valence-electron chi connectivity index (χ2n) is 1.63. The van der Waals surface area contributed by atoms with Crippen LogP contribution in [-0.4, -0.2) is 25.7 Å². The van der Waals surface area contributed by atoms with E-state index in [0.717, 1.165) is 0 Å². The van der Waals surface area contributed by atoms with E-state index >= 15 is 0 Å². The zero-order valence-corrected chi connectivity index (χ0v) is 6.13. The number of nitrogens with two attached hydrogens (primary N) is 2. The van der Waals surface area contributed by atoms with E-state index in [2.05, 4.69) is 10.5 Å². The molecule has 0 bridgehead atoms. The first-order valence-electron chi connectivity index (χ1n) is 3.17. The summed E-state index contributed by atoms with van der Waals surface area (Å²) in [6.07, 6.45) is 0. The molecule has 0 unspecified atom stereocenters. The number of rotatable bonds is 5. The lowest BCUT2D eigenvalue weighted by Crippen LogP contribution is -2.25. The fourth-order valence-corrected chi connectivity index (χ4v) is 0.405. The molecule has 5 heteroatoms. The first-order valence-corrected chi connectivity index (χ1v) is 3.17. The molecule has 0 saturated heterocycles. The largest absolute Gasteiger partial charge is 0.370 e. The number of nitrogens with zero attached hydrogens (tertiary/aromatic N) is 1. The van der Waals surface area contributed by atoms with E-state index in [1.165, 1.54) is 0 Å². The van der Waals surface area contributed by atoms with Crippen molar-refractivity contribution in [1.82, 2.24) is 5.48 Å². The lowest BCUT2D eigenvalue weighted by molar-refractivity contribution is 0.0532. The summed E-state index contributed by atoms with van der Waals surface area (Å²) in [7, 11) is 0. The van der Waals surface area contributed by atoms with Crippen molar-refractivity contribution in [2.75, 3.05) is 19.7 Å². The molecule has 0 saturated carbocycles. The number of aliphatic imine (C=N–C) groups is 1. The third kappa shape index (κ3) is 7.19. The molecule has 0 heterocycles. The van der Waals surface area contributed by atoms with Gasteiger partial charge in [0.15, 0.2) is 5.96 Å². The van der Waals surface area contributed by atoms with E-state index in [9.17, 15) is 0 Å². The summed E-state index contributed by atoms with van der Waals surface area (Å²) in [4.78, 5) is 8.54. The molecule has 60 valence electrons. The van der Waals surface area contributed by atoms with Crippen molar-refractivity contribution in [1.29, 1.82) is 0 Å². The average molecular weight is 146 g/mol. The third-order valence-electron chi connectivity index (χ3n) is 0.755. The normalized spacial score (nSPS) is 9.30. The summed E-state index contributed by atoms with van der Waals surface area (Å²) < 4.78 is 0. The highest BCUT2D eigenvalue weighted by Crippen LogP contribution is 1.67. The zero-order chi connectivity index (χ0) is 7.82. The molecule has 5 N–H and O–H groups in total. The van der Waals surface area contributed by atoms with Crippen molar-refractivity contribution >= 4 is 5.96 Å². The van der Waals surface area contributed by atoms with Crippen LogP contribution in [0.1, 0.15) is 6.92 Å². The summed E-state index contributed by atoms with van der Waals surface area (Å²) in [6, 6.07) is 0. The molecular weight excluding hydrogens is 132 g/mol. The Morgan fingerprint density at radius 1 is 1.60 bits per heavy atom. The molecule has 0 radical (unpaired) electrons. The Hall–Kier alpha value is -0.810. The molecule has 0 rings (SSSR count). The van der Waals surface area contributed by atoms with E-state index in [1.807, 2.05) is 6.92 Å². The lowest BCUT2D eigenvalue weighted by Gasteiger charge is -1.99. The molecule has 0 aromatic heterocycles. The average Bonchev–Trinajstić information content (AvgIpc) is 1.87. The van der Waals surface area contributed by atoms with Gasteiger partial charge >= 0.3 is 0 Å². The van der Waals surface area contributed by atoms with E-state index in [1.54, 1.807) is 0 Å². The summed E-state index contributed by atoms with van der Waals surface area (Å²) >= 11 is 0. The molecule has 0 fully saturated rings. The maximum Gasteiger partial charge on any atom is 0.185 e. The standard InChI is InChI=1S/C5H14N4O/c1-2-10-9-4-3-8-5(6)7/h9H,2-4H2,1H3,(H4,6,7,8). The summed E-state index contributed by atoms with van der Waals surface area (Å²) in [6.45, 7) is 3.71. The van der Waals surface area contributed by atoms with Gasteiger partial charge in [-0.1, -0.05) is 0 Å². The van der Waals surface area contributed by atoms with Gasteiger partial charge in [0.25, 0.3) is 0 Å². The van der Waals surface area contributed by atoms with E-state index < -0.39 is 0 Å². The fourth-order valence-electron chi connectivity index (χ4n) is 0.405. The van der Waals surface area contributed by atoms with Gasteiger partial charge in [0.2, 0.25) is 0 Å². The Bertz CT molecular complexity index is 99.8. The summed E-state index contributed by atoms with van der Waals surface area (Å²) in [5, 5.41) is 0. The Kier molecular flexibility index (Phi) is 5.80. The molecule has 0 aliphatic carbocycles. The molecule has 0 atom stereocenters. The Balaban J connectivity index is 2.98. The molecule has 0 aliphatic rings. The van der Waals surface area contributed by atoms with Crippen LogP contribution in [-0.2, 0) is 4.84 Å². The van der Waals surface area contributed by atoms with Gasteiger partial charge in [-0.25, -0.2) is 5.48 Å². The Morgan fingerprint density at radius 2 is 2.30 bits per heavy atom. The molecule has 0 spiro atoms. The van der Waals surface area contributed by atoms with Crippen LogP contribution < -0.4 is 16.9 Å². The minimum absolute atomic E-state index is 0.110. The van der Waals surface area contributed by atoms with Crippen LogP contribution in [0.4, 0.5) is 0 Å². The number of nitrogens with one attached hydrogen (secondary N) is 1. The molecule has 0 aromatic carbocycles. The number of hydroxylamine groups is 1. The van der Waals surface area contributed by atoms with Crippen molar-refractivity contribution < 1.29 is 4.84 Å². The molecular formula is C5H14N4O. The third-order valence-corrected chi connectivity index (χ3v) is 0.755. The van der Waals surface area contributed by atoms with E-state index in [0.29, 0.717) is 19.7 Å². The van der Waals surface area contributed by atoms with Crippen molar-refractivity contribution in [2.45, 2.75) is 6.92 Å². The first kappa shape index (κ1) is 9.19. The zero-order valence-electron chi connectivity index (χ0n) is 6.13. The molecule has 10 heavy (non-hydrogen) atoms. The van der Waals surface area contributed by atoms with Crippen LogP contribution in [0.25, 0.3) is 0 Å². The predicted octanol–water partition coefficient (Wildman–Crippen LogP) is -1.20. The highest BCUT2D eigenvalue weighted by Gasteiger charge is 1.82. The van der Waals surface area contributed by atoms with Crippen molar-refractivity contribution in [3.63, 3.8) is 0 Å². The number of guanidine groups is 1. The van der Waals surface area contributed by atoms with Crippen molar-refractivity contribution in [3.05, 3.63) is 0 Å². The van der Waals surface area contributed by atoms with Gasteiger partial charge in [-0.3, -0.25) is 4.99 Å². The monoisotopic (exact) mass is 146 g/mol. The smallest absolute Gasteiger partial charge is 0.185 e.